The molecule has 0 spiro atoms. The fourth-order valence-electron chi connectivity index (χ4n) is 4.20. The molecule has 1 unspecified atom stereocenters. The predicted molar refractivity (Wildman–Crippen MR) is 117 cm³/mol. The Morgan fingerprint density at radius 1 is 1.13 bits per heavy atom. The highest BCUT2D eigenvalue weighted by Crippen LogP contribution is 2.35. The number of carbonyl (C=O) groups excluding carboxylic acids is 1. The second kappa shape index (κ2) is 7.69. The number of hydrogen-bond acceptors (Lipinski definition) is 4. The van der Waals surface area contributed by atoms with Gasteiger partial charge in [0.2, 0.25) is 6.79 Å². The Morgan fingerprint density at radius 2 is 1.97 bits per heavy atom. The SMILES string of the molecule is CC(c1ccc2c(c1)OCO2)n1cccc1C=C(C#N)C(=O)N1CCc2ccccc21. The van der Waals surface area contributed by atoms with E-state index >= 15 is 0 Å². The second-order valence-corrected chi connectivity index (χ2v) is 7.63. The Balaban J connectivity index is 1.44. The van der Waals surface area contributed by atoms with E-state index in [4.69, 9.17) is 9.47 Å². The van der Waals surface area contributed by atoms with Crippen LogP contribution in [0.15, 0.2) is 66.4 Å². The van der Waals surface area contributed by atoms with Gasteiger partial charge in [-0.1, -0.05) is 24.3 Å². The molecule has 0 fully saturated rings. The number of carbonyl (C=O) groups is 1. The van der Waals surface area contributed by atoms with Crippen LogP contribution in [0.5, 0.6) is 11.5 Å². The van der Waals surface area contributed by atoms with Gasteiger partial charge < -0.3 is 18.9 Å². The molecule has 1 atom stereocenters. The summed E-state index contributed by atoms with van der Waals surface area (Å²) in [5.41, 5.74) is 3.98. The number of benzene rings is 2. The summed E-state index contributed by atoms with van der Waals surface area (Å²) in [7, 11) is 0. The summed E-state index contributed by atoms with van der Waals surface area (Å²) < 4.78 is 12.9. The van der Waals surface area contributed by atoms with E-state index in [9.17, 15) is 10.1 Å². The van der Waals surface area contributed by atoms with Crippen LogP contribution in [0.4, 0.5) is 5.69 Å². The lowest BCUT2D eigenvalue weighted by molar-refractivity contribution is -0.114. The van der Waals surface area contributed by atoms with Crippen LogP contribution in [0.2, 0.25) is 0 Å². The van der Waals surface area contributed by atoms with Gasteiger partial charge in [-0.15, -0.1) is 0 Å². The Labute approximate surface area is 180 Å². The first-order valence-electron chi connectivity index (χ1n) is 10.2. The number of nitrogens with zero attached hydrogens (tertiary/aromatic N) is 3. The van der Waals surface area contributed by atoms with Gasteiger partial charge in [-0.25, -0.2) is 0 Å². The number of ether oxygens (including phenoxy) is 2. The predicted octanol–water partition coefficient (Wildman–Crippen LogP) is 4.32. The Kier molecular flexibility index (Phi) is 4.72. The minimum Gasteiger partial charge on any atom is -0.454 e. The monoisotopic (exact) mass is 411 g/mol. The summed E-state index contributed by atoms with van der Waals surface area (Å²) in [5, 5.41) is 9.75. The van der Waals surface area contributed by atoms with Gasteiger partial charge in [0, 0.05) is 24.1 Å². The van der Waals surface area contributed by atoms with Crippen molar-refractivity contribution in [2.24, 2.45) is 0 Å². The quantitative estimate of drug-likeness (QED) is 0.474. The molecule has 3 heterocycles. The molecule has 154 valence electrons. The van der Waals surface area contributed by atoms with Crippen molar-refractivity contribution in [1.29, 1.82) is 5.26 Å². The molecule has 1 aromatic heterocycles. The lowest BCUT2D eigenvalue weighted by Gasteiger charge is -2.19. The van der Waals surface area contributed by atoms with Gasteiger partial charge in [0.15, 0.2) is 11.5 Å². The van der Waals surface area contributed by atoms with Crippen LogP contribution in [0.25, 0.3) is 6.08 Å². The van der Waals surface area contributed by atoms with Crippen molar-refractivity contribution < 1.29 is 14.3 Å². The molecule has 5 rings (SSSR count). The topological polar surface area (TPSA) is 67.5 Å². The van der Waals surface area contributed by atoms with Crippen molar-refractivity contribution in [1.82, 2.24) is 4.57 Å². The molecule has 0 bridgehead atoms. The maximum absolute atomic E-state index is 13.1. The van der Waals surface area contributed by atoms with Gasteiger partial charge in [0.05, 0.1) is 6.04 Å². The summed E-state index contributed by atoms with van der Waals surface area (Å²) in [6.07, 6.45) is 4.43. The van der Waals surface area contributed by atoms with Crippen molar-refractivity contribution in [2.45, 2.75) is 19.4 Å². The first-order chi connectivity index (χ1) is 15.2. The Hall–Kier alpha value is -3.98. The summed E-state index contributed by atoms with van der Waals surface area (Å²) in [5.74, 6) is 1.21. The number of anilines is 1. The lowest BCUT2D eigenvalue weighted by Crippen LogP contribution is -2.29. The van der Waals surface area contributed by atoms with E-state index in [1.54, 1.807) is 11.0 Å². The minimum atomic E-state index is -0.268. The fourth-order valence-corrected chi connectivity index (χ4v) is 4.20. The molecule has 31 heavy (non-hydrogen) atoms. The summed E-state index contributed by atoms with van der Waals surface area (Å²) in [6, 6.07) is 19.6. The maximum atomic E-state index is 13.1. The van der Waals surface area contributed by atoms with Gasteiger partial charge in [0.25, 0.3) is 5.91 Å². The maximum Gasteiger partial charge on any atom is 0.269 e. The zero-order valence-electron chi connectivity index (χ0n) is 17.1. The highest BCUT2D eigenvalue weighted by Gasteiger charge is 2.27. The van der Waals surface area contributed by atoms with Crippen LogP contribution in [-0.4, -0.2) is 23.8 Å². The number of fused-ring (bicyclic) bond motifs is 2. The van der Waals surface area contributed by atoms with Gasteiger partial charge in [-0.3, -0.25) is 4.79 Å². The molecule has 1 amide bonds. The number of amides is 1. The first kappa shape index (κ1) is 19.0. The van der Waals surface area contributed by atoms with E-state index in [0.717, 1.165) is 40.4 Å². The van der Waals surface area contributed by atoms with E-state index in [1.807, 2.05) is 65.4 Å². The summed E-state index contributed by atoms with van der Waals surface area (Å²) in [4.78, 5) is 14.8. The second-order valence-electron chi connectivity index (χ2n) is 7.63. The van der Waals surface area contributed by atoms with Crippen LogP contribution in [-0.2, 0) is 11.2 Å². The number of aromatic nitrogens is 1. The van der Waals surface area contributed by atoms with E-state index < -0.39 is 0 Å². The molecule has 0 saturated heterocycles. The number of para-hydroxylation sites is 1. The van der Waals surface area contributed by atoms with E-state index in [0.29, 0.717) is 6.54 Å². The Morgan fingerprint density at radius 3 is 2.84 bits per heavy atom. The van der Waals surface area contributed by atoms with Crippen LogP contribution in [0, 0.1) is 11.3 Å². The third kappa shape index (κ3) is 3.34. The van der Waals surface area contributed by atoms with Gasteiger partial charge in [-0.05, 0) is 60.9 Å². The third-order valence-corrected chi connectivity index (χ3v) is 5.88. The van der Waals surface area contributed by atoms with Crippen LogP contribution < -0.4 is 14.4 Å². The van der Waals surface area contributed by atoms with Crippen LogP contribution >= 0.6 is 0 Å². The molecule has 0 N–H and O–H groups in total. The molecule has 0 radical (unpaired) electrons. The van der Waals surface area contributed by atoms with E-state index in [-0.39, 0.29) is 24.3 Å². The smallest absolute Gasteiger partial charge is 0.269 e. The molecular formula is C25H21N3O3. The Bertz CT molecular complexity index is 1230. The fraction of sp³-hybridized carbons (Fsp3) is 0.200. The highest BCUT2D eigenvalue weighted by molar-refractivity contribution is 6.12. The number of nitriles is 1. The van der Waals surface area contributed by atoms with Crippen molar-refractivity contribution in [3.63, 3.8) is 0 Å². The molecule has 0 saturated carbocycles. The summed E-state index contributed by atoms with van der Waals surface area (Å²) in [6.45, 7) is 2.89. The van der Waals surface area contributed by atoms with Gasteiger partial charge in [-0.2, -0.15) is 5.26 Å². The zero-order chi connectivity index (χ0) is 21.4. The van der Waals surface area contributed by atoms with Crippen molar-refractivity contribution in [2.75, 3.05) is 18.2 Å². The average molecular weight is 411 g/mol. The molecule has 6 nitrogen and oxygen atoms in total. The number of rotatable bonds is 4. The normalized spacial score (nSPS) is 15.5. The van der Waals surface area contributed by atoms with E-state index in [1.165, 1.54) is 0 Å². The molecule has 2 aliphatic heterocycles. The largest absolute Gasteiger partial charge is 0.454 e. The summed E-state index contributed by atoms with van der Waals surface area (Å²) >= 11 is 0. The molecule has 6 heteroatoms. The lowest BCUT2D eigenvalue weighted by atomic mass is 10.1. The van der Waals surface area contributed by atoms with Crippen LogP contribution in [0.3, 0.4) is 0 Å². The van der Waals surface area contributed by atoms with E-state index in [2.05, 4.69) is 13.0 Å². The van der Waals surface area contributed by atoms with Gasteiger partial charge >= 0.3 is 0 Å². The molecule has 0 aliphatic carbocycles. The van der Waals surface area contributed by atoms with Gasteiger partial charge in [0.1, 0.15) is 11.6 Å². The van der Waals surface area contributed by atoms with Crippen molar-refractivity contribution in [3.8, 4) is 17.6 Å². The minimum absolute atomic E-state index is 0.0155. The van der Waals surface area contributed by atoms with Crippen molar-refractivity contribution in [3.05, 3.63) is 83.2 Å². The molecule has 3 aromatic rings. The molecular weight excluding hydrogens is 390 g/mol. The first-order valence-corrected chi connectivity index (χ1v) is 10.2. The highest BCUT2D eigenvalue weighted by atomic mass is 16.7. The molecule has 2 aromatic carbocycles. The standard InChI is InChI=1S/C25H21N3O3/c1-17(19-8-9-23-24(14-19)31-16-30-23)27-11-4-6-21(27)13-20(15-26)25(29)28-12-10-18-5-2-3-7-22(18)28/h2-9,11,13-14,17H,10,12,16H2,1H3. The van der Waals surface area contributed by atoms with Crippen molar-refractivity contribution >= 4 is 17.7 Å². The third-order valence-electron chi connectivity index (χ3n) is 5.88. The number of hydrogen-bond donors (Lipinski definition) is 0. The molecule has 2 aliphatic rings. The zero-order valence-corrected chi connectivity index (χ0v) is 17.1. The van der Waals surface area contributed by atoms with Crippen LogP contribution in [0.1, 0.15) is 29.8 Å². The average Bonchev–Trinajstić information content (AvgIpc) is 3.55.